The molecule has 1 N–H and O–H groups in total. The van der Waals surface area contributed by atoms with Crippen molar-refractivity contribution in [1.82, 2.24) is 15.5 Å². The van der Waals surface area contributed by atoms with Crippen LogP contribution in [0.4, 0.5) is 0 Å². The lowest BCUT2D eigenvalue weighted by Crippen LogP contribution is -2.28. The number of carbonyl (C=O) groups excluding carboxylic acids is 1. The van der Waals surface area contributed by atoms with Crippen molar-refractivity contribution in [2.75, 3.05) is 6.61 Å². The predicted octanol–water partition coefficient (Wildman–Crippen LogP) is 1.92. The summed E-state index contributed by atoms with van der Waals surface area (Å²) in [5, 5.41) is 12.2. The van der Waals surface area contributed by atoms with Crippen LogP contribution in [-0.4, -0.2) is 22.7 Å². The van der Waals surface area contributed by atoms with Gasteiger partial charge >= 0.3 is 0 Å². The van der Waals surface area contributed by atoms with E-state index < -0.39 is 0 Å². The van der Waals surface area contributed by atoms with E-state index in [1.54, 1.807) is 24.6 Å². The number of hydrogen-bond donors (Lipinski definition) is 1. The van der Waals surface area contributed by atoms with Gasteiger partial charge < -0.3 is 14.5 Å². The van der Waals surface area contributed by atoms with Crippen LogP contribution in [0.2, 0.25) is 0 Å². The molecule has 0 spiro atoms. The van der Waals surface area contributed by atoms with Crippen molar-refractivity contribution >= 4 is 16.7 Å². The Labute approximate surface area is 120 Å². The molecule has 0 aliphatic carbocycles. The quantitative estimate of drug-likeness (QED) is 0.774. The van der Waals surface area contributed by atoms with Crippen molar-refractivity contribution in [3.05, 3.63) is 54.6 Å². The zero-order chi connectivity index (χ0) is 14.5. The molecule has 0 saturated heterocycles. The van der Waals surface area contributed by atoms with E-state index in [0.717, 1.165) is 10.8 Å². The van der Waals surface area contributed by atoms with Crippen LogP contribution in [0.5, 0.6) is 5.88 Å². The van der Waals surface area contributed by atoms with E-state index in [-0.39, 0.29) is 12.5 Å². The molecule has 0 aliphatic heterocycles. The summed E-state index contributed by atoms with van der Waals surface area (Å²) < 4.78 is 10.6. The first kappa shape index (κ1) is 13.1. The van der Waals surface area contributed by atoms with Crippen molar-refractivity contribution in [2.24, 2.45) is 0 Å². The van der Waals surface area contributed by atoms with E-state index in [1.165, 1.54) is 0 Å². The molecule has 6 heteroatoms. The molecule has 1 aromatic carbocycles. The van der Waals surface area contributed by atoms with Crippen LogP contribution in [0.1, 0.15) is 5.76 Å². The van der Waals surface area contributed by atoms with Crippen LogP contribution in [0.25, 0.3) is 10.8 Å². The van der Waals surface area contributed by atoms with Gasteiger partial charge in [0.1, 0.15) is 5.76 Å². The Bertz CT molecular complexity index is 736. The Morgan fingerprint density at radius 2 is 2.14 bits per heavy atom. The number of ether oxygens (including phenoxy) is 1. The Morgan fingerprint density at radius 3 is 3.00 bits per heavy atom. The normalized spacial score (nSPS) is 10.5. The average Bonchev–Trinajstić information content (AvgIpc) is 3.04. The third-order valence-corrected chi connectivity index (χ3v) is 2.92. The number of carbonyl (C=O) groups is 1. The molecule has 0 saturated carbocycles. The average molecular weight is 283 g/mol. The number of fused-ring (bicyclic) bond motifs is 1. The summed E-state index contributed by atoms with van der Waals surface area (Å²) >= 11 is 0. The van der Waals surface area contributed by atoms with Crippen LogP contribution in [0.3, 0.4) is 0 Å². The largest absolute Gasteiger partial charge is 0.467 e. The Hall–Kier alpha value is -2.89. The van der Waals surface area contributed by atoms with Gasteiger partial charge in [-0.25, -0.2) is 0 Å². The van der Waals surface area contributed by atoms with Gasteiger partial charge in [0.15, 0.2) is 6.61 Å². The van der Waals surface area contributed by atoms with Gasteiger partial charge in [-0.3, -0.25) is 4.79 Å². The van der Waals surface area contributed by atoms with E-state index in [1.807, 2.05) is 24.3 Å². The molecule has 0 unspecified atom stereocenters. The fourth-order valence-electron chi connectivity index (χ4n) is 1.89. The van der Waals surface area contributed by atoms with Gasteiger partial charge in [-0.2, -0.15) is 5.10 Å². The molecule has 3 aromatic rings. The minimum Gasteiger partial charge on any atom is -0.467 e. The van der Waals surface area contributed by atoms with Gasteiger partial charge in [0.05, 0.1) is 19.0 Å². The lowest BCUT2D eigenvalue weighted by Gasteiger charge is -2.07. The minimum atomic E-state index is -0.249. The molecule has 2 aromatic heterocycles. The highest BCUT2D eigenvalue weighted by Gasteiger charge is 2.08. The fourth-order valence-corrected chi connectivity index (χ4v) is 1.89. The van der Waals surface area contributed by atoms with Gasteiger partial charge in [-0.05, 0) is 18.2 Å². The summed E-state index contributed by atoms with van der Waals surface area (Å²) in [5.74, 6) is 0.788. The van der Waals surface area contributed by atoms with Gasteiger partial charge in [0.2, 0.25) is 5.88 Å². The number of nitrogens with one attached hydrogen (secondary N) is 1. The smallest absolute Gasteiger partial charge is 0.258 e. The molecule has 6 nitrogen and oxygen atoms in total. The van der Waals surface area contributed by atoms with Crippen LogP contribution >= 0.6 is 0 Å². The van der Waals surface area contributed by atoms with Gasteiger partial charge in [-0.15, -0.1) is 5.10 Å². The maximum Gasteiger partial charge on any atom is 0.258 e. The molecule has 0 atom stereocenters. The third-order valence-electron chi connectivity index (χ3n) is 2.92. The van der Waals surface area contributed by atoms with E-state index >= 15 is 0 Å². The highest BCUT2D eigenvalue weighted by Crippen LogP contribution is 2.20. The van der Waals surface area contributed by atoms with E-state index in [4.69, 9.17) is 9.15 Å². The number of aromatic nitrogens is 2. The summed E-state index contributed by atoms with van der Waals surface area (Å²) in [6, 6.07) is 11.1. The van der Waals surface area contributed by atoms with Crippen molar-refractivity contribution in [2.45, 2.75) is 6.54 Å². The van der Waals surface area contributed by atoms with E-state index in [2.05, 4.69) is 15.5 Å². The topological polar surface area (TPSA) is 77.2 Å². The van der Waals surface area contributed by atoms with Crippen LogP contribution in [-0.2, 0) is 11.3 Å². The molecule has 3 rings (SSSR count). The number of rotatable bonds is 5. The fraction of sp³-hybridized carbons (Fsp3) is 0.133. The lowest BCUT2D eigenvalue weighted by molar-refractivity contribution is -0.123. The highest BCUT2D eigenvalue weighted by molar-refractivity contribution is 5.86. The van der Waals surface area contributed by atoms with Gasteiger partial charge in [0, 0.05) is 10.8 Å². The monoisotopic (exact) mass is 283 g/mol. The molecule has 0 aliphatic rings. The zero-order valence-corrected chi connectivity index (χ0v) is 11.2. The summed E-state index contributed by atoms with van der Waals surface area (Å²) in [6.07, 6.45) is 3.21. The minimum absolute atomic E-state index is 0.122. The van der Waals surface area contributed by atoms with E-state index in [0.29, 0.717) is 18.2 Å². The predicted molar refractivity (Wildman–Crippen MR) is 75.6 cm³/mol. The van der Waals surface area contributed by atoms with Crippen molar-refractivity contribution < 1.29 is 13.9 Å². The summed E-state index contributed by atoms with van der Waals surface area (Å²) in [7, 11) is 0. The molecule has 0 radical (unpaired) electrons. The van der Waals surface area contributed by atoms with E-state index in [9.17, 15) is 4.79 Å². The third kappa shape index (κ3) is 3.17. The second kappa shape index (κ2) is 6.04. The second-order valence-electron chi connectivity index (χ2n) is 4.38. The maximum atomic E-state index is 11.7. The number of benzene rings is 1. The summed E-state index contributed by atoms with van der Waals surface area (Å²) in [5.41, 5.74) is 0. The number of hydrogen-bond acceptors (Lipinski definition) is 5. The summed E-state index contributed by atoms with van der Waals surface area (Å²) in [6.45, 7) is 0.208. The highest BCUT2D eigenvalue weighted by atomic mass is 16.5. The van der Waals surface area contributed by atoms with Gasteiger partial charge in [0.25, 0.3) is 5.91 Å². The first-order valence-corrected chi connectivity index (χ1v) is 6.45. The Kier molecular flexibility index (Phi) is 3.77. The molecular weight excluding hydrogens is 270 g/mol. The van der Waals surface area contributed by atoms with Crippen molar-refractivity contribution in [3.63, 3.8) is 0 Å². The summed E-state index contributed by atoms with van der Waals surface area (Å²) in [4.78, 5) is 11.7. The molecular formula is C15H13N3O3. The molecule has 1 amide bonds. The van der Waals surface area contributed by atoms with Gasteiger partial charge in [-0.1, -0.05) is 18.2 Å². The SMILES string of the molecule is O=C(COc1nncc2ccccc12)NCc1ccco1. The first-order valence-electron chi connectivity index (χ1n) is 6.45. The number of furan rings is 1. The molecule has 21 heavy (non-hydrogen) atoms. The van der Waals surface area contributed by atoms with Crippen LogP contribution in [0, 0.1) is 0 Å². The Balaban J connectivity index is 1.60. The van der Waals surface area contributed by atoms with Crippen LogP contribution < -0.4 is 10.1 Å². The second-order valence-corrected chi connectivity index (χ2v) is 4.38. The van der Waals surface area contributed by atoms with Crippen molar-refractivity contribution in [3.8, 4) is 5.88 Å². The maximum absolute atomic E-state index is 11.7. The van der Waals surface area contributed by atoms with Crippen molar-refractivity contribution in [1.29, 1.82) is 0 Å². The molecule has 106 valence electrons. The number of nitrogens with zero attached hydrogens (tertiary/aromatic N) is 2. The first-order chi connectivity index (χ1) is 10.3. The number of amides is 1. The zero-order valence-electron chi connectivity index (χ0n) is 11.2. The van der Waals surface area contributed by atoms with Crippen LogP contribution in [0.15, 0.2) is 53.3 Å². The molecule has 2 heterocycles. The Morgan fingerprint density at radius 1 is 1.24 bits per heavy atom. The lowest BCUT2D eigenvalue weighted by atomic mass is 10.2. The molecule has 0 fully saturated rings. The molecule has 0 bridgehead atoms. The standard InChI is InChI=1S/C15H13N3O3/c19-14(16-9-12-5-3-7-20-12)10-21-15-13-6-2-1-4-11(13)8-17-18-15/h1-8H,9-10H2,(H,16,19).